The van der Waals surface area contributed by atoms with Crippen molar-refractivity contribution in [3.63, 3.8) is 0 Å². The van der Waals surface area contributed by atoms with Crippen molar-refractivity contribution in [3.05, 3.63) is 42.7 Å². The molecule has 2 heteroatoms. The molecule has 0 aromatic carbocycles. The minimum Gasteiger partial charge on any atom is -0.299 e. The third-order valence-electron chi connectivity index (χ3n) is 4.86. The van der Waals surface area contributed by atoms with E-state index in [-0.39, 0.29) is 0 Å². The molecular weight excluding hydrogens is 268 g/mol. The highest BCUT2D eigenvalue weighted by atomic mass is 15.1. The van der Waals surface area contributed by atoms with Crippen molar-refractivity contribution >= 4 is 0 Å². The van der Waals surface area contributed by atoms with Crippen LogP contribution in [0.1, 0.15) is 69.4 Å². The van der Waals surface area contributed by atoms with Gasteiger partial charge in [-0.3, -0.25) is 4.90 Å². The molecule has 2 rings (SSSR count). The monoisotopic (exact) mass is 301 g/mol. The molecule has 2 heterocycles. The van der Waals surface area contributed by atoms with E-state index in [2.05, 4.69) is 47.6 Å². The molecule has 0 aliphatic carbocycles. The molecule has 22 heavy (non-hydrogen) atoms. The summed E-state index contributed by atoms with van der Waals surface area (Å²) in [6.45, 7) is 6.18. The van der Waals surface area contributed by atoms with Crippen molar-refractivity contribution in [3.8, 4) is 0 Å². The van der Waals surface area contributed by atoms with Gasteiger partial charge in [-0.05, 0) is 51.8 Å². The Hall–Kier alpha value is -1.15. The molecular formula is C20H33N2+. The van der Waals surface area contributed by atoms with Crippen molar-refractivity contribution < 1.29 is 4.57 Å². The summed E-state index contributed by atoms with van der Waals surface area (Å²) in [7, 11) is 2.25. The van der Waals surface area contributed by atoms with Crippen molar-refractivity contribution in [2.45, 2.75) is 70.4 Å². The molecule has 1 aromatic rings. The van der Waals surface area contributed by atoms with E-state index < -0.39 is 0 Å². The number of nitrogens with zero attached hydrogens (tertiary/aromatic N) is 2. The lowest BCUT2D eigenvalue weighted by molar-refractivity contribution is -0.697. The summed E-state index contributed by atoms with van der Waals surface area (Å²) in [4.78, 5) is 2.49. The minimum atomic E-state index is 0.636. The minimum absolute atomic E-state index is 0.636. The van der Waals surface area contributed by atoms with E-state index >= 15 is 0 Å². The topological polar surface area (TPSA) is 7.12 Å². The van der Waals surface area contributed by atoms with Crippen LogP contribution in [0.5, 0.6) is 0 Å². The van der Waals surface area contributed by atoms with E-state index in [1.807, 2.05) is 6.08 Å². The van der Waals surface area contributed by atoms with Crippen LogP contribution in [0, 0.1) is 0 Å². The average molecular weight is 301 g/mol. The van der Waals surface area contributed by atoms with Gasteiger partial charge in [-0.15, -0.1) is 6.58 Å². The zero-order chi connectivity index (χ0) is 15.6. The first kappa shape index (κ1) is 17.2. The third kappa shape index (κ3) is 5.57. The van der Waals surface area contributed by atoms with Gasteiger partial charge in [0.25, 0.3) is 0 Å². The van der Waals surface area contributed by atoms with Gasteiger partial charge in [-0.2, -0.15) is 0 Å². The van der Waals surface area contributed by atoms with Crippen LogP contribution in [0.3, 0.4) is 0 Å². The summed E-state index contributed by atoms with van der Waals surface area (Å²) in [6.07, 6.45) is 18.5. The van der Waals surface area contributed by atoms with Gasteiger partial charge in [0.05, 0.1) is 0 Å². The Morgan fingerprint density at radius 2 is 2.00 bits per heavy atom. The van der Waals surface area contributed by atoms with Crippen molar-refractivity contribution in [1.82, 2.24) is 4.90 Å². The van der Waals surface area contributed by atoms with Gasteiger partial charge < -0.3 is 0 Å². The number of aromatic nitrogens is 1. The molecule has 1 unspecified atom stereocenters. The lowest BCUT2D eigenvalue weighted by Gasteiger charge is -2.18. The Kier molecular flexibility index (Phi) is 7.65. The number of pyridine rings is 1. The van der Waals surface area contributed by atoms with Gasteiger partial charge in [0.2, 0.25) is 0 Å². The molecule has 1 aliphatic heterocycles. The van der Waals surface area contributed by atoms with Crippen LogP contribution in [0.25, 0.3) is 0 Å². The van der Waals surface area contributed by atoms with Gasteiger partial charge in [0.1, 0.15) is 6.54 Å². The first-order valence-corrected chi connectivity index (χ1v) is 9.11. The molecule has 0 amide bonds. The van der Waals surface area contributed by atoms with Gasteiger partial charge in [-0.1, -0.05) is 25.3 Å². The Balaban J connectivity index is 1.66. The van der Waals surface area contributed by atoms with E-state index in [0.717, 1.165) is 6.54 Å². The van der Waals surface area contributed by atoms with Gasteiger partial charge in [-0.25, -0.2) is 4.57 Å². The normalized spacial score (nSPS) is 18.7. The number of hydrogen-bond donors (Lipinski definition) is 0. The van der Waals surface area contributed by atoms with E-state index in [1.165, 1.54) is 69.9 Å². The highest BCUT2D eigenvalue weighted by molar-refractivity contribution is 5.12. The lowest BCUT2D eigenvalue weighted by Crippen LogP contribution is -2.34. The second-order valence-corrected chi connectivity index (χ2v) is 6.71. The zero-order valence-electron chi connectivity index (χ0n) is 14.3. The predicted octanol–water partition coefficient (Wildman–Crippen LogP) is 4.66. The Bertz CT molecular complexity index is 441. The Morgan fingerprint density at radius 3 is 2.73 bits per heavy atom. The fourth-order valence-electron chi connectivity index (χ4n) is 3.50. The molecule has 0 saturated carbocycles. The van der Waals surface area contributed by atoms with Crippen LogP contribution in [0.2, 0.25) is 0 Å². The van der Waals surface area contributed by atoms with Crippen molar-refractivity contribution in [1.29, 1.82) is 0 Å². The molecule has 1 atom stereocenters. The standard InChI is InChI=1S/C20H33N2/c1-3-4-5-6-7-8-9-10-16-22-17-11-13-19(18-22)20-14-12-15-21(20)2/h3,11,13,17-18,20H,1,4-10,12,14-16H2,2H3/q+1. The fourth-order valence-corrected chi connectivity index (χ4v) is 3.50. The highest BCUT2D eigenvalue weighted by Gasteiger charge is 2.24. The third-order valence-corrected chi connectivity index (χ3v) is 4.86. The van der Waals surface area contributed by atoms with E-state index in [0.29, 0.717) is 6.04 Å². The smallest absolute Gasteiger partial charge is 0.173 e. The maximum absolute atomic E-state index is 3.78. The molecule has 122 valence electrons. The molecule has 0 spiro atoms. The molecule has 0 N–H and O–H groups in total. The fraction of sp³-hybridized carbons (Fsp3) is 0.650. The number of aryl methyl sites for hydroxylation is 1. The van der Waals surface area contributed by atoms with Gasteiger partial charge in [0.15, 0.2) is 12.4 Å². The molecule has 1 aromatic heterocycles. The summed E-state index contributed by atoms with van der Waals surface area (Å²) in [6, 6.07) is 5.15. The molecule has 0 radical (unpaired) electrons. The SMILES string of the molecule is C=CCCCCCCCC[n+]1cccc(C2CCCN2C)c1. The summed E-state index contributed by atoms with van der Waals surface area (Å²) in [5.41, 5.74) is 1.49. The summed E-state index contributed by atoms with van der Waals surface area (Å²) in [5.74, 6) is 0. The Morgan fingerprint density at radius 1 is 1.23 bits per heavy atom. The first-order valence-electron chi connectivity index (χ1n) is 9.11. The van der Waals surface area contributed by atoms with Gasteiger partial charge in [0, 0.05) is 24.1 Å². The van der Waals surface area contributed by atoms with Crippen LogP contribution in [-0.4, -0.2) is 18.5 Å². The lowest BCUT2D eigenvalue weighted by atomic mass is 10.1. The number of hydrogen-bond acceptors (Lipinski definition) is 1. The van der Waals surface area contributed by atoms with Crippen molar-refractivity contribution in [2.75, 3.05) is 13.6 Å². The van der Waals surface area contributed by atoms with Crippen LogP contribution < -0.4 is 4.57 Å². The molecule has 1 saturated heterocycles. The quantitative estimate of drug-likeness (QED) is 0.346. The highest BCUT2D eigenvalue weighted by Crippen LogP contribution is 2.29. The predicted molar refractivity (Wildman–Crippen MR) is 93.8 cm³/mol. The van der Waals surface area contributed by atoms with Crippen LogP contribution in [-0.2, 0) is 6.54 Å². The summed E-state index contributed by atoms with van der Waals surface area (Å²) >= 11 is 0. The number of allylic oxidation sites excluding steroid dienone is 1. The molecule has 1 aliphatic rings. The van der Waals surface area contributed by atoms with E-state index in [1.54, 1.807) is 0 Å². The van der Waals surface area contributed by atoms with Crippen LogP contribution in [0.15, 0.2) is 37.2 Å². The first-order chi connectivity index (χ1) is 10.8. The maximum Gasteiger partial charge on any atom is 0.173 e. The zero-order valence-corrected chi connectivity index (χ0v) is 14.3. The molecule has 1 fully saturated rings. The number of likely N-dealkylation sites (tertiary alicyclic amines) is 1. The number of unbranched alkanes of at least 4 members (excludes halogenated alkanes) is 6. The second-order valence-electron chi connectivity index (χ2n) is 6.71. The summed E-state index contributed by atoms with van der Waals surface area (Å²) < 4.78 is 2.39. The van der Waals surface area contributed by atoms with Crippen molar-refractivity contribution in [2.24, 2.45) is 0 Å². The van der Waals surface area contributed by atoms with E-state index in [9.17, 15) is 0 Å². The second kappa shape index (κ2) is 9.78. The van der Waals surface area contributed by atoms with Gasteiger partial charge >= 0.3 is 0 Å². The Labute approximate surface area is 136 Å². The average Bonchev–Trinajstić information content (AvgIpc) is 2.96. The van der Waals surface area contributed by atoms with Crippen LogP contribution in [0.4, 0.5) is 0 Å². The van der Waals surface area contributed by atoms with Crippen LogP contribution >= 0.6 is 0 Å². The van der Waals surface area contributed by atoms with E-state index in [4.69, 9.17) is 0 Å². The maximum atomic E-state index is 3.78. The molecule has 0 bridgehead atoms. The largest absolute Gasteiger partial charge is 0.299 e. The molecule has 2 nitrogen and oxygen atoms in total. The summed E-state index contributed by atoms with van der Waals surface area (Å²) in [5, 5.41) is 0. The number of rotatable bonds is 10.